The second-order valence-electron chi connectivity index (χ2n) is 1.52. The molecule has 0 spiro atoms. The van der Waals surface area contributed by atoms with E-state index in [4.69, 9.17) is 10.5 Å². The minimum Gasteiger partial charge on any atom is -0.372 e. The lowest BCUT2D eigenvalue weighted by molar-refractivity contribution is -0.122. The Morgan fingerprint density at radius 2 is 2.00 bits per heavy atom. The first-order valence-corrected chi connectivity index (χ1v) is 3.63. The minimum atomic E-state index is -0.404. The molecular weight excluding hydrogens is 130 g/mol. The summed E-state index contributed by atoms with van der Waals surface area (Å²) in [4.78, 5) is 9.97. The SMILES string of the molecule is CC.CCCOCC(N)=O. The Hall–Kier alpha value is -0.570. The van der Waals surface area contributed by atoms with Crippen molar-refractivity contribution in [2.24, 2.45) is 5.73 Å². The van der Waals surface area contributed by atoms with Crippen molar-refractivity contribution in [2.45, 2.75) is 27.2 Å². The molecule has 0 atom stereocenters. The molecule has 3 heteroatoms. The van der Waals surface area contributed by atoms with Gasteiger partial charge in [-0.05, 0) is 6.42 Å². The molecule has 0 fully saturated rings. The number of rotatable bonds is 4. The van der Waals surface area contributed by atoms with Gasteiger partial charge in [-0.2, -0.15) is 0 Å². The molecule has 0 unspecified atom stereocenters. The van der Waals surface area contributed by atoms with Gasteiger partial charge < -0.3 is 10.5 Å². The summed E-state index contributed by atoms with van der Waals surface area (Å²) in [7, 11) is 0. The Bertz CT molecular complexity index is 74.0. The maximum absolute atomic E-state index is 9.97. The first kappa shape index (κ1) is 12.1. The molecule has 10 heavy (non-hydrogen) atoms. The van der Waals surface area contributed by atoms with Crippen molar-refractivity contribution in [1.82, 2.24) is 0 Å². The van der Waals surface area contributed by atoms with Gasteiger partial charge in [-0.25, -0.2) is 0 Å². The van der Waals surface area contributed by atoms with E-state index in [0.717, 1.165) is 6.42 Å². The van der Waals surface area contributed by atoms with Crippen molar-refractivity contribution >= 4 is 5.91 Å². The molecule has 0 aromatic rings. The predicted octanol–water partition coefficient (Wildman–Crippen LogP) is 0.924. The summed E-state index contributed by atoms with van der Waals surface area (Å²) in [5.41, 5.74) is 4.77. The van der Waals surface area contributed by atoms with Crippen LogP contribution in [0.5, 0.6) is 0 Å². The normalized spacial score (nSPS) is 7.90. The maximum Gasteiger partial charge on any atom is 0.243 e. The molecule has 0 heterocycles. The Balaban J connectivity index is 0. The molecule has 0 bridgehead atoms. The average molecular weight is 147 g/mol. The van der Waals surface area contributed by atoms with Crippen molar-refractivity contribution < 1.29 is 9.53 Å². The summed E-state index contributed by atoms with van der Waals surface area (Å²) in [6.45, 7) is 6.64. The van der Waals surface area contributed by atoms with Gasteiger partial charge in [-0.1, -0.05) is 20.8 Å². The van der Waals surface area contributed by atoms with Crippen molar-refractivity contribution in [3.05, 3.63) is 0 Å². The van der Waals surface area contributed by atoms with E-state index in [9.17, 15) is 4.79 Å². The van der Waals surface area contributed by atoms with E-state index in [-0.39, 0.29) is 6.61 Å². The van der Waals surface area contributed by atoms with Crippen LogP contribution in [0.2, 0.25) is 0 Å². The summed E-state index contributed by atoms with van der Waals surface area (Å²) in [6, 6.07) is 0. The van der Waals surface area contributed by atoms with Crippen LogP contribution in [0.15, 0.2) is 0 Å². The Kier molecular flexibility index (Phi) is 13.7. The second kappa shape index (κ2) is 11.3. The largest absolute Gasteiger partial charge is 0.372 e. The minimum absolute atomic E-state index is 0.0494. The first-order valence-electron chi connectivity index (χ1n) is 3.63. The fourth-order valence-electron chi connectivity index (χ4n) is 0.317. The highest BCUT2D eigenvalue weighted by molar-refractivity contribution is 5.74. The van der Waals surface area contributed by atoms with Gasteiger partial charge in [0.2, 0.25) is 5.91 Å². The molecule has 2 N–H and O–H groups in total. The van der Waals surface area contributed by atoms with E-state index < -0.39 is 5.91 Å². The molecule has 62 valence electrons. The highest BCUT2D eigenvalue weighted by Crippen LogP contribution is 1.77. The van der Waals surface area contributed by atoms with Gasteiger partial charge >= 0.3 is 0 Å². The fourth-order valence-corrected chi connectivity index (χ4v) is 0.317. The lowest BCUT2D eigenvalue weighted by Crippen LogP contribution is -2.18. The zero-order valence-electron chi connectivity index (χ0n) is 7.02. The standard InChI is InChI=1S/C5H11NO2.C2H6/c1-2-3-8-4-5(6)7;1-2/h2-4H2,1H3,(H2,6,7);1-2H3. The fraction of sp³-hybridized carbons (Fsp3) is 0.857. The van der Waals surface area contributed by atoms with Crippen LogP contribution in [0.3, 0.4) is 0 Å². The third-order valence-corrected chi connectivity index (χ3v) is 0.593. The molecule has 3 nitrogen and oxygen atoms in total. The quantitative estimate of drug-likeness (QED) is 0.601. The van der Waals surface area contributed by atoms with Crippen LogP contribution in [-0.2, 0) is 9.53 Å². The Morgan fingerprint density at radius 3 is 2.30 bits per heavy atom. The number of carbonyl (C=O) groups excluding carboxylic acids is 1. The van der Waals surface area contributed by atoms with E-state index in [1.807, 2.05) is 20.8 Å². The van der Waals surface area contributed by atoms with E-state index >= 15 is 0 Å². The molecule has 0 rings (SSSR count). The molecule has 0 aliphatic heterocycles. The van der Waals surface area contributed by atoms with E-state index in [2.05, 4.69) is 0 Å². The number of carbonyl (C=O) groups is 1. The number of nitrogens with two attached hydrogens (primary N) is 1. The summed E-state index contributed by atoms with van der Waals surface area (Å²) in [6.07, 6.45) is 0.924. The molecule has 0 saturated heterocycles. The summed E-state index contributed by atoms with van der Waals surface area (Å²) in [5, 5.41) is 0. The van der Waals surface area contributed by atoms with E-state index in [1.165, 1.54) is 0 Å². The first-order chi connectivity index (χ1) is 4.77. The van der Waals surface area contributed by atoms with Gasteiger partial charge in [0.15, 0.2) is 0 Å². The molecule has 0 aromatic carbocycles. The number of amides is 1. The molecule has 0 radical (unpaired) electrons. The van der Waals surface area contributed by atoms with Gasteiger partial charge in [0.05, 0.1) is 0 Å². The van der Waals surface area contributed by atoms with Gasteiger partial charge in [-0.3, -0.25) is 4.79 Å². The van der Waals surface area contributed by atoms with Crippen molar-refractivity contribution in [3.8, 4) is 0 Å². The summed E-state index contributed by atoms with van der Waals surface area (Å²) in [5.74, 6) is -0.404. The van der Waals surface area contributed by atoms with E-state index in [1.54, 1.807) is 0 Å². The van der Waals surface area contributed by atoms with Crippen LogP contribution in [0, 0.1) is 0 Å². The van der Waals surface area contributed by atoms with Gasteiger partial charge in [-0.15, -0.1) is 0 Å². The van der Waals surface area contributed by atoms with Gasteiger partial charge in [0, 0.05) is 6.61 Å². The molecular formula is C7H17NO2. The third-order valence-electron chi connectivity index (χ3n) is 0.593. The van der Waals surface area contributed by atoms with Crippen LogP contribution < -0.4 is 5.73 Å². The van der Waals surface area contributed by atoms with Crippen molar-refractivity contribution in [1.29, 1.82) is 0 Å². The Labute approximate surface area is 62.5 Å². The van der Waals surface area contributed by atoms with Crippen molar-refractivity contribution in [3.63, 3.8) is 0 Å². The number of hydrogen-bond donors (Lipinski definition) is 1. The monoisotopic (exact) mass is 147 g/mol. The maximum atomic E-state index is 9.97. The van der Waals surface area contributed by atoms with Gasteiger partial charge in [0.1, 0.15) is 6.61 Å². The smallest absolute Gasteiger partial charge is 0.243 e. The lowest BCUT2D eigenvalue weighted by Gasteiger charge is -1.94. The summed E-state index contributed by atoms with van der Waals surface area (Å²) < 4.78 is 4.77. The van der Waals surface area contributed by atoms with Crippen LogP contribution in [0.1, 0.15) is 27.2 Å². The van der Waals surface area contributed by atoms with E-state index in [0.29, 0.717) is 6.61 Å². The zero-order chi connectivity index (χ0) is 8.41. The zero-order valence-corrected chi connectivity index (χ0v) is 7.02. The van der Waals surface area contributed by atoms with Gasteiger partial charge in [0.25, 0.3) is 0 Å². The predicted molar refractivity (Wildman–Crippen MR) is 41.7 cm³/mol. The number of primary amides is 1. The molecule has 0 aliphatic carbocycles. The second-order valence-corrected chi connectivity index (χ2v) is 1.52. The van der Waals surface area contributed by atoms with Crippen LogP contribution in [0.4, 0.5) is 0 Å². The Morgan fingerprint density at radius 1 is 1.50 bits per heavy atom. The molecule has 1 amide bonds. The molecule has 0 saturated carbocycles. The average Bonchev–Trinajstić information content (AvgIpc) is 1.92. The number of hydrogen-bond acceptors (Lipinski definition) is 2. The highest BCUT2D eigenvalue weighted by Gasteiger charge is 1.89. The topological polar surface area (TPSA) is 52.3 Å². The molecule has 0 aromatic heterocycles. The number of ether oxygens (including phenoxy) is 1. The van der Waals surface area contributed by atoms with Crippen LogP contribution in [0.25, 0.3) is 0 Å². The van der Waals surface area contributed by atoms with Crippen LogP contribution >= 0.6 is 0 Å². The van der Waals surface area contributed by atoms with Crippen LogP contribution in [-0.4, -0.2) is 19.1 Å². The third kappa shape index (κ3) is 15.7. The summed E-state index contributed by atoms with van der Waals surface area (Å²) >= 11 is 0. The van der Waals surface area contributed by atoms with Crippen molar-refractivity contribution in [2.75, 3.05) is 13.2 Å². The lowest BCUT2D eigenvalue weighted by atomic mass is 10.5. The molecule has 0 aliphatic rings. The highest BCUT2D eigenvalue weighted by atomic mass is 16.5.